The topological polar surface area (TPSA) is 90.6 Å². The molecule has 0 unspecified atom stereocenters. The van der Waals surface area contributed by atoms with Crippen molar-refractivity contribution in [2.75, 3.05) is 18.8 Å². The van der Waals surface area contributed by atoms with E-state index in [4.69, 9.17) is 20.2 Å². The second-order valence-electron chi connectivity index (χ2n) is 9.66. The number of carbonyl (C=O) groups is 1. The van der Waals surface area contributed by atoms with Crippen LogP contribution >= 0.6 is 0 Å². The summed E-state index contributed by atoms with van der Waals surface area (Å²) in [5, 5.41) is 0. The summed E-state index contributed by atoms with van der Waals surface area (Å²) in [5.41, 5.74) is 10.3. The number of benzene rings is 1. The Morgan fingerprint density at radius 3 is 2.41 bits per heavy atom. The van der Waals surface area contributed by atoms with E-state index in [0.29, 0.717) is 30.4 Å². The molecule has 1 aliphatic rings. The molecule has 3 aromatic rings. The third-order valence-electron chi connectivity index (χ3n) is 5.84. The number of aromatic nitrogens is 2. The van der Waals surface area contributed by atoms with Crippen LogP contribution in [0, 0.1) is 6.92 Å². The minimum absolute atomic E-state index is 0.249. The quantitative estimate of drug-likeness (QED) is 0.518. The summed E-state index contributed by atoms with van der Waals surface area (Å²) in [4.78, 5) is 23.3. The maximum absolute atomic E-state index is 12.4. The van der Waals surface area contributed by atoms with Gasteiger partial charge in [0.25, 0.3) is 0 Å². The Labute approximate surface area is 200 Å². The van der Waals surface area contributed by atoms with Crippen LogP contribution in [0.3, 0.4) is 0 Å². The van der Waals surface area contributed by atoms with Gasteiger partial charge in [-0.25, -0.2) is 9.78 Å². The largest absolute Gasteiger partial charge is 0.444 e. The Hall–Kier alpha value is -3.61. The number of nitrogen functional groups attached to an aromatic ring is 1. The number of piperidine rings is 1. The van der Waals surface area contributed by atoms with Crippen molar-refractivity contribution in [1.82, 2.24) is 14.9 Å². The van der Waals surface area contributed by atoms with Gasteiger partial charge in [0.1, 0.15) is 11.4 Å². The summed E-state index contributed by atoms with van der Waals surface area (Å²) < 4.78 is 11.3. The molecule has 1 aromatic carbocycles. The molecular formula is C27H32N4O3. The van der Waals surface area contributed by atoms with Crippen molar-refractivity contribution in [2.24, 2.45) is 0 Å². The molecule has 1 aliphatic heterocycles. The van der Waals surface area contributed by atoms with Gasteiger partial charge < -0.3 is 20.1 Å². The van der Waals surface area contributed by atoms with Crippen LogP contribution in [0.25, 0.3) is 11.3 Å². The molecule has 1 saturated heterocycles. The number of anilines is 1. The van der Waals surface area contributed by atoms with Crippen molar-refractivity contribution in [3.05, 3.63) is 66.0 Å². The lowest BCUT2D eigenvalue weighted by Gasteiger charge is -2.33. The van der Waals surface area contributed by atoms with Crippen LogP contribution in [0.4, 0.5) is 10.5 Å². The molecule has 7 heteroatoms. The van der Waals surface area contributed by atoms with Gasteiger partial charge in [-0.1, -0.05) is 6.07 Å². The highest BCUT2D eigenvalue weighted by Gasteiger charge is 2.28. The molecule has 0 aliphatic carbocycles. The lowest BCUT2D eigenvalue weighted by Crippen LogP contribution is -2.41. The molecule has 1 amide bonds. The minimum Gasteiger partial charge on any atom is -0.444 e. The summed E-state index contributed by atoms with van der Waals surface area (Å²) in [6.07, 6.45) is 3.12. The van der Waals surface area contributed by atoms with Crippen LogP contribution in [0.1, 0.15) is 50.8 Å². The van der Waals surface area contributed by atoms with Gasteiger partial charge in [-0.2, -0.15) is 0 Å². The van der Waals surface area contributed by atoms with E-state index in [1.54, 1.807) is 11.1 Å². The lowest BCUT2D eigenvalue weighted by atomic mass is 9.91. The first kappa shape index (κ1) is 23.5. The number of hydrogen-bond donors (Lipinski definition) is 1. The van der Waals surface area contributed by atoms with Crippen molar-refractivity contribution in [3.8, 4) is 22.9 Å². The first-order valence-electron chi connectivity index (χ1n) is 11.6. The Morgan fingerprint density at radius 1 is 1.09 bits per heavy atom. The van der Waals surface area contributed by atoms with E-state index < -0.39 is 5.60 Å². The van der Waals surface area contributed by atoms with E-state index in [1.807, 2.05) is 70.2 Å². The molecule has 1 fully saturated rings. The van der Waals surface area contributed by atoms with Crippen molar-refractivity contribution < 1.29 is 14.3 Å². The smallest absolute Gasteiger partial charge is 0.410 e. The average molecular weight is 461 g/mol. The monoisotopic (exact) mass is 460 g/mol. The standard InChI is InChI=1S/C27H32N4O3/c1-18-17-22(19-12-15-31(16-13-19)26(32)34-27(2,3)4)30-25(24(18)28)20-8-10-21(11-9-20)33-23-7-5-6-14-29-23/h5-11,14,17,19H,12-13,15-16,28H2,1-4H3. The maximum atomic E-state index is 12.4. The van der Waals surface area contributed by atoms with E-state index in [1.165, 1.54) is 0 Å². The summed E-state index contributed by atoms with van der Waals surface area (Å²) in [6, 6.07) is 15.3. The van der Waals surface area contributed by atoms with Crippen molar-refractivity contribution in [1.29, 1.82) is 0 Å². The molecule has 0 spiro atoms. The zero-order valence-electron chi connectivity index (χ0n) is 20.2. The second-order valence-corrected chi connectivity index (χ2v) is 9.66. The van der Waals surface area contributed by atoms with Gasteiger partial charge in [-0.3, -0.25) is 4.98 Å². The highest BCUT2D eigenvalue weighted by Crippen LogP contribution is 2.34. The number of ether oxygens (including phenoxy) is 2. The van der Waals surface area contributed by atoms with Crippen LogP contribution < -0.4 is 10.5 Å². The second kappa shape index (κ2) is 9.71. The van der Waals surface area contributed by atoms with E-state index in [-0.39, 0.29) is 12.0 Å². The van der Waals surface area contributed by atoms with Gasteiger partial charge in [-0.05, 0) is 82.5 Å². The Balaban J connectivity index is 1.48. The number of amides is 1. The van der Waals surface area contributed by atoms with Gasteiger partial charge in [0.2, 0.25) is 5.88 Å². The fourth-order valence-corrected chi connectivity index (χ4v) is 4.03. The zero-order valence-corrected chi connectivity index (χ0v) is 20.2. The van der Waals surface area contributed by atoms with E-state index >= 15 is 0 Å². The van der Waals surface area contributed by atoms with E-state index in [2.05, 4.69) is 11.1 Å². The third kappa shape index (κ3) is 5.65. The molecule has 178 valence electrons. The molecule has 0 saturated carbocycles. The summed E-state index contributed by atoms with van der Waals surface area (Å²) in [6.45, 7) is 8.98. The van der Waals surface area contributed by atoms with Gasteiger partial charge in [0.15, 0.2) is 0 Å². The number of likely N-dealkylation sites (tertiary alicyclic amines) is 1. The maximum Gasteiger partial charge on any atom is 0.410 e. The Morgan fingerprint density at radius 2 is 1.79 bits per heavy atom. The fourth-order valence-electron chi connectivity index (χ4n) is 4.03. The number of aryl methyl sites for hydroxylation is 1. The van der Waals surface area contributed by atoms with Crippen LogP contribution in [-0.4, -0.2) is 39.7 Å². The fraction of sp³-hybridized carbons (Fsp3) is 0.370. The van der Waals surface area contributed by atoms with E-state index in [0.717, 1.165) is 35.4 Å². The Bertz CT molecular complexity index is 1130. The zero-order chi connectivity index (χ0) is 24.3. The number of pyridine rings is 2. The molecule has 0 bridgehead atoms. The predicted octanol–water partition coefficient (Wildman–Crippen LogP) is 5.94. The molecular weight excluding hydrogens is 428 g/mol. The SMILES string of the molecule is Cc1cc(C2CCN(C(=O)OC(C)(C)C)CC2)nc(-c2ccc(Oc3ccccn3)cc2)c1N. The predicted molar refractivity (Wildman–Crippen MR) is 133 cm³/mol. The molecule has 4 rings (SSSR count). The van der Waals surface area contributed by atoms with E-state index in [9.17, 15) is 4.79 Å². The first-order valence-corrected chi connectivity index (χ1v) is 11.6. The summed E-state index contributed by atoms with van der Waals surface area (Å²) in [7, 11) is 0. The summed E-state index contributed by atoms with van der Waals surface area (Å²) in [5.74, 6) is 1.51. The molecule has 0 radical (unpaired) electrons. The number of nitrogens with zero attached hydrogens (tertiary/aromatic N) is 3. The lowest BCUT2D eigenvalue weighted by molar-refractivity contribution is 0.0204. The van der Waals surface area contributed by atoms with Gasteiger partial charge >= 0.3 is 6.09 Å². The van der Waals surface area contributed by atoms with Gasteiger partial charge in [-0.15, -0.1) is 0 Å². The number of rotatable bonds is 4. The molecule has 7 nitrogen and oxygen atoms in total. The highest BCUT2D eigenvalue weighted by atomic mass is 16.6. The van der Waals surface area contributed by atoms with Crippen molar-refractivity contribution in [3.63, 3.8) is 0 Å². The molecule has 2 aromatic heterocycles. The van der Waals surface area contributed by atoms with Crippen molar-refractivity contribution >= 4 is 11.8 Å². The van der Waals surface area contributed by atoms with Crippen LogP contribution in [0.5, 0.6) is 11.6 Å². The number of carbonyl (C=O) groups excluding carboxylic acids is 1. The molecule has 3 heterocycles. The van der Waals surface area contributed by atoms with Crippen LogP contribution in [0.2, 0.25) is 0 Å². The Kier molecular flexibility index (Phi) is 6.72. The van der Waals surface area contributed by atoms with Crippen molar-refractivity contribution in [2.45, 2.75) is 52.1 Å². The molecule has 0 atom stereocenters. The minimum atomic E-state index is -0.489. The van der Waals surface area contributed by atoms with Gasteiger partial charge in [0.05, 0.1) is 11.4 Å². The highest BCUT2D eigenvalue weighted by molar-refractivity contribution is 5.75. The van der Waals surface area contributed by atoms with Gasteiger partial charge in [0, 0.05) is 42.5 Å². The normalized spacial score (nSPS) is 14.6. The van der Waals surface area contributed by atoms with Crippen LogP contribution in [0.15, 0.2) is 54.7 Å². The van der Waals surface area contributed by atoms with Crippen LogP contribution in [-0.2, 0) is 4.74 Å². The number of hydrogen-bond acceptors (Lipinski definition) is 6. The third-order valence-corrected chi connectivity index (χ3v) is 5.84. The molecule has 34 heavy (non-hydrogen) atoms. The first-order chi connectivity index (χ1) is 16.2. The number of nitrogens with two attached hydrogens (primary N) is 1. The summed E-state index contributed by atoms with van der Waals surface area (Å²) >= 11 is 0. The molecule has 2 N–H and O–H groups in total. The average Bonchev–Trinajstić information content (AvgIpc) is 2.81.